The minimum atomic E-state index is -0.0439. The average molecular weight is 274 g/mol. The molecule has 0 saturated heterocycles. The van der Waals surface area contributed by atoms with Crippen molar-refractivity contribution in [1.29, 1.82) is 0 Å². The normalized spacial score (nSPS) is 14.4. The monoisotopic (exact) mass is 274 g/mol. The van der Waals surface area contributed by atoms with Gasteiger partial charge in [-0.15, -0.1) is 10.2 Å². The molecule has 2 aromatic rings. The van der Waals surface area contributed by atoms with Gasteiger partial charge in [0.15, 0.2) is 5.82 Å². The highest BCUT2D eigenvalue weighted by atomic mass is 16.1. The lowest BCUT2D eigenvalue weighted by Gasteiger charge is -2.07. The molecule has 1 aliphatic rings. The second-order valence-electron chi connectivity index (χ2n) is 5.01. The van der Waals surface area contributed by atoms with Crippen LogP contribution in [0.4, 0.5) is 5.82 Å². The van der Waals surface area contributed by atoms with E-state index < -0.39 is 0 Å². The van der Waals surface area contributed by atoms with E-state index in [1.165, 1.54) is 12.8 Å². The molecule has 0 bridgehead atoms. The molecule has 106 valence electrons. The summed E-state index contributed by atoms with van der Waals surface area (Å²) >= 11 is 0. The number of rotatable bonds is 6. The van der Waals surface area contributed by atoms with Gasteiger partial charge in [0.25, 0.3) is 0 Å². The van der Waals surface area contributed by atoms with Crippen LogP contribution in [-0.2, 0) is 4.79 Å². The number of nitrogens with zero attached hydrogens (tertiary/aromatic N) is 4. The zero-order valence-electron chi connectivity index (χ0n) is 11.5. The topological polar surface area (TPSA) is 84.2 Å². The summed E-state index contributed by atoms with van der Waals surface area (Å²) in [5.41, 5.74) is 0.678. The molecule has 0 radical (unpaired) electrons. The molecule has 0 unspecified atom stereocenters. The van der Waals surface area contributed by atoms with Gasteiger partial charge in [0, 0.05) is 24.9 Å². The minimum absolute atomic E-state index is 0.0439. The van der Waals surface area contributed by atoms with E-state index in [0.717, 1.165) is 12.2 Å². The summed E-state index contributed by atoms with van der Waals surface area (Å²) in [4.78, 5) is 15.8. The largest absolute Gasteiger partial charge is 0.358 e. The maximum absolute atomic E-state index is 11.6. The number of hydrogen-bond acceptors (Lipinski definition) is 5. The molecule has 7 heteroatoms. The summed E-state index contributed by atoms with van der Waals surface area (Å²) in [7, 11) is 0. The van der Waals surface area contributed by atoms with Gasteiger partial charge in [-0.1, -0.05) is 6.92 Å². The minimum Gasteiger partial charge on any atom is -0.358 e. The fourth-order valence-corrected chi connectivity index (χ4v) is 2.08. The summed E-state index contributed by atoms with van der Waals surface area (Å²) in [5, 5.41) is 14.2. The molecule has 7 nitrogen and oxygen atoms in total. The Hall–Kier alpha value is -2.18. The molecular formula is C13H18N6O. The third-order valence-electron chi connectivity index (χ3n) is 3.28. The average Bonchev–Trinajstić information content (AvgIpc) is 3.22. The lowest BCUT2D eigenvalue weighted by atomic mass is 10.4. The molecule has 0 atom stereocenters. The SMILES string of the molecule is CCCNC(=O)CNc1nccn2c(C3CC3)nnc12. The molecule has 0 aliphatic heterocycles. The highest BCUT2D eigenvalue weighted by Crippen LogP contribution is 2.39. The lowest BCUT2D eigenvalue weighted by Crippen LogP contribution is -2.30. The van der Waals surface area contributed by atoms with E-state index in [1.807, 2.05) is 17.5 Å². The molecular weight excluding hydrogens is 256 g/mol. The van der Waals surface area contributed by atoms with Crippen LogP contribution < -0.4 is 10.6 Å². The third-order valence-corrected chi connectivity index (χ3v) is 3.28. The van der Waals surface area contributed by atoms with Crippen LogP contribution in [0.1, 0.15) is 37.9 Å². The van der Waals surface area contributed by atoms with Crippen molar-refractivity contribution in [3.63, 3.8) is 0 Å². The van der Waals surface area contributed by atoms with Crippen LogP contribution in [-0.4, -0.2) is 38.6 Å². The molecule has 2 N–H and O–H groups in total. The van der Waals surface area contributed by atoms with Crippen LogP contribution >= 0.6 is 0 Å². The van der Waals surface area contributed by atoms with E-state index in [-0.39, 0.29) is 12.5 Å². The predicted octanol–water partition coefficient (Wildman–Crippen LogP) is 0.940. The van der Waals surface area contributed by atoms with Crippen molar-refractivity contribution in [2.45, 2.75) is 32.1 Å². The first-order chi connectivity index (χ1) is 9.79. The highest BCUT2D eigenvalue weighted by Gasteiger charge is 2.29. The van der Waals surface area contributed by atoms with Crippen LogP contribution in [0.15, 0.2) is 12.4 Å². The maximum Gasteiger partial charge on any atom is 0.239 e. The molecule has 1 fully saturated rings. The van der Waals surface area contributed by atoms with E-state index >= 15 is 0 Å². The van der Waals surface area contributed by atoms with E-state index in [9.17, 15) is 4.79 Å². The van der Waals surface area contributed by atoms with E-state index in [0.29, 0.717) is 23.9 Å². The lowest BCUT2D eigenvalue weighted by molar-refractivity contribution is -0.119. The molecule has 2 heterocycles. The van der Waals surface area contributed by atoms with Gasteiger partial charge in [-0.2, -0.15) is 0 Å². The summed E-state index contributed by atoms with van der Waals surface area (Å²) < 4.78 is 1.96. The number of carbonyl (C=O) groups is 1. The van der Waals surface area contributed by atoms with Crippen molar-refractivity contribution < 1.29 is 4.79 Å². The van der Waals surface area contributed by atoms with Gasteiger partial charge >= 0.3 is 0 Å². The molecule has 0 aromatic carbocycles. The number of fused-ring (bicyclic) bond motifs is 1. The zero-order valence-corrected chi connectivity index (χ0v) is 11.5. The Labute approximate surface area is 116 Å². The fraction of sp³-hybridized carbons (Fsp3) is 0.538. The molecule has 20 heavy (non-hydrogen) atoms. The summed E-state index contributed by atoms with van der Waals surface area (Å²) in [6.07, 6.45) is 6.84. The molecule has 1 aliphatic carbocycles. The van der Waals surface area contributed by atoms with Crippen LogP contribution in [0.25, 0.3) is 5.65 Å². The molecule has 0 spiro atoms. The second kappa shape index (κ2) is 5.44. The molecule has 3 rings (SSSR count). The number of amides is 1. The Morgan fingerprint density at radius 3 is 3.05 bits per heavy atom. The summed E-state index contributed by atoms with van der Waals surface area (Å²) in [5.74, 6) is 2.06. The Morgan fingerprint density at radius 1 is 1.45 bits per heavy atom. The standard InChI is InChI=1S/C13H18N6O/c1-2-5-14-10(20)8-16-11-13-18-17-12(9-3-4-9)19(13)7-6-15-11/h6-7,9H,2-5,8H2,1H3,(H,14,20)(H,15,16). The number of aromatic nitrogens is 4. The molecule has 1 saturated carbocycles. The van der Waals surface area contributed by atoms with Gasteiger partial charge in [0.1, 0.15) is 5.82 Å². The molecule has 1 amide bonds. The van der Waals surface area contributed by atoms with Crippen molar-refractivity contribution in [2.24, 2.45) is 0 Å². The number of carbonyl (C=O) groups excluding carboxylic acids is 1. The van der Waals surface area contributed by atoms with E-state index in [2.05, 4.69) is 25.8 Å². The smallest absolute Gasteiger partial charge is 0.239 e. The van der Waals surface area contributed by atoms with E-state index in [4.69, 9.17) is 0 Å². The van der Waals surface area contributed by atoms with Gasteiger partial charge in [-0.3, -0.25) is 9.20 Å². The quantitative estimate of drug-likeness (QED) is 0.819. The van der Waals surface area contributed by atoms with Gasteiger partial charge in [0.05, 0.1) is 6.54 Å². The Bertz CT molecular complexity index is 618. The molecule has 2 aromatic heterocycles. The van der Waals surface area contributed by atoms with Crippen molar-refractivity contribution in [2.75, 3.05) is 18.4 Å². The van der Waals surface area contributed by atoms with Crippen LogP contribution in [0.5, 0.6) is 0 Å². The van der Waals surface area contributed by atoms with Crippen molar-refractivity contribution >= 4 is 17.4 Å². The van der Waals surface area contributed by atoms with Crippen molar-refractivity contribution in [3.05, 3.63) is 18.2 Å². The number of hydrogen-bond donors (Lipinski definition) is 2. The van der Waals surface area contributed by atoms with Gasteiger partial charge < -0.3 is 10.6 Å². The Balaban J connectivity index is 1.73. The van der Waals surface area contributed by atoms with Crippen LogP contribution in [0.2, 0.25) is 0 Å². The Kier molecular flexibility index (Phi) is 3.49. The van der Waals surface area contributed by atoms with Gasteiger partial charge in [-0.25, -0.2) is 4.98 Å². The zero-order chi connectivity index (χ0) is 13.9. The van der Waals surface area contributed by atoms with E-state index in [1.54, 1.807) is 6.20 Å². The first-order valence-electron chi connectivity index (χ1n) is 6.99. The predicted molar refractivity (Wildman–Crippen MR) is 74.5 cm³/mol. The fourth-order valence-electron chi connectivity index (χ4n) is 2.08. The van der Waals surface area contributed by atoms with Crippen LogP contribution in [0.3, 0.4) is 0 Å². The Morgan fingerprint density at radius 2 is 2.30 bits per heavy atom. The first kappa shape index (κ1) is 12.8. The van der Waals surface area contributed by atoms with Crippen molar-refractivity contribution in [3.8, 4) is 0 Å². The van der Waals surface area contributed by atoms with Gasteiger partial charge in [0.2, 0.25) is 11.6 Å². The third kappa shape index (κ3) is 2.56. The van der Waals surface area contributed by atoms with Crippen LogP contribution in [0, 0.1) is 0 Å². The summed E-state index contributed by atoms with van der Waals surface area (Å²) in [6, 6.07) is 0. The maximum atomic E-state index is 11.6. The van der Waals surface area contributed by atoms with Crippen molar-refractivity contribution in [1.82, 2.24) is 24.9 Å². The van der Waals surface area contributed by atoms with Gasteiger partial charge in [-0.05, 0) is 19.3 Å². The first-order valence-corrected chi connectivity index (χ1v) is 6.99. The second-order valence-corrected chi connectivity index (χ2v) is 5.01. The number of nitrogens with one attached hydrogen (secondary N) is 2. The highest BCUT2D eigenvalue weighted by molar-refractivity contribution is 5.81. The number of anilines is 1. The summed E-state index contributed by atoms with van der Waals surface area (Å²) in [6.45, 7) is 2.90.